The highest BCUT2D eigenvalue weighted by Crippen LogP contribution is 2.16. The SMILES string of the molecule is Cc1ccc(CNC(=O)C(C)Oc2ccc(Cl)cc2)cc1. The van der Waals surface area contributed by atoms with Crippen LogP contribution in [-0.2, 0) is 11.3 Å². The molecule has 2 rings (SSSR count). The fourth-order valence-corrected chi connectivity index (χ4v) is 1.94. The summed E-state index contributed by atoms with van der Waals surface area (Å²) < 4.78 is 5.57. The molecule has 0 spiro atoms. The van der Waals surface area contributed by atoms with Crippen molar-refractivity contribution in [3.63, 3.8) is 0 Å². The molecule has 2 aromatic carbocycles. The summed E-state index contributed by atoms with van der Waals surface area (Å²) in [6.07, 6.45) is -0.559. The Balaban J connectivity index is 1.84. The lowest BCUT2D eigenvalue weighted by Gasteiger charge is -2.14. The summed E-state index contributed by atoms with van der Waals surface area (Å²) in [5.41, 5.74) is 2.26. The van der Waals surface area contributed by atoms with Gasteiger partial charge in [0.05, 0.1) is 0 Å². The smallest absolute Gasteiger partial charge is 0.261 e. The van der Waals surface area contributed by atoms with Crippen molar-refractivity contribution in [1.82, 2.24) is 5.32 Å². The molecule has 0 aromatic heterocycles. The number of benzene rings is 2. The highest BCUT2D eigenvalue weighted by molar-refractivity contribution is 6.30. The predicted molar refractivity (Wildman–Crippen MR) is 84.6 cm³/mol. The summed E-state index contributed by atoms with van der Waals surface area (Å²) >= 11 is 5.80. The van der Waals surface area contributed by atoms with Crippen molar-refractivity contribution in [1.29, 1.82) is 0 Å². The summed E-state index contributed by atoms with van der Waals surface area (Å²) in [5.74, 6) is 0.475. The van der Waals surface area contributed by atoms with Gasteiger partial charge in [0.15, 0.2) is 6.10 Å². The Bertz CT molecular complexity index is 593. The van der Waals surface area contributed by atoms with Gasteiger partial charge in [0, 0.05) is 11.6 Å². The van der Waals surface area contributed by atoms with Crippen LogP contribution < -0.4 is 10.1 Å². The molecule has 4 heteroatoms. The highest BCUT2D eigenvalue weighted by atomic mass is 35.5. The van der Waals surface area contributed by atoms with Crippen molar-refractivity contribution < 1.29 is 9.53 Å². The Morgan fingerprint density at radius 2 is 1.76 bits per heavy atom. The van der Waals surface area contributed by atoms with E-state index in [0.29, 0.717) is 17.3 Å². The van der Waals surface area contributed by atoms with E-state index in [1.54, 1.807) is 31.2 Å². The van der Waals surface area contributed by atoms with Crippen molar-refractivity contribution in [2.45, 2.75) is 26.5 Å². The molecule has 2 aromatic rings. The van der Waals surface area contributed by atoms with E-state index < -0.39 is 6.10 Å². The molecule has 0 fully saturated rings. The number of ether oxygens (including phenoxy) is 1. The molecular formula is C17H18ClNO2. The highest BCUT2D eigenvalue weighted by Gasteiger charge is 2.14. The maximum absolute atomic E-state index is 12.0. The molecule has 21 heavy (non-hydrogen) atoms. The van der Waals surface area contributed by atoms with Crippen LogP contribution in [0, 0.1) is 6.92 Å². The lowest BCUT2D eigenvalue weighted by atomic mass is 10.1. The normalized spacial score (nSPS) is 11.8. The molecule has 3 nitrogen and oxygen atoms in total. The van der Waals surface area contributed by atoms with Gasteiger partial charge < -0.3 is 10.1 Å². The number of nitrogens with one attached hydrogen (secondary N) is 1. The zero-order valence-corrected chi connectivity index (χ0v) is 12.9. The molecule has 0 bridgehead atoms. The number of carbonyl (C=O) groups is 1. The lowest BCUT2D eigenvalue weighted by molar-refractivity contribution is -0.127. The van der Waals surface area contributed by atoms with Gasteiger partial charge in [-0.1, -0.05) is 41.4 Å². The maximum atomic E-state index is 12.0. The number of hydrogen-bond acceptors (Lipinski definition) is 2. The minimum Gasteiger partial charge on any atom is -0.481 e. The van der Waals surface area contributed by atoms with E-state index in [9.17, 15) is 4.79 Å². The van der Waals surface area contributed by atoms with E-state index in [2.05, 4.69) is 5.32 Å². The van der Waals surface area contributed by atoms with Crippen LogP contribution in [0.3, 0.4) is 0 Å². The molecule has 0 aliphatic carbocycles. The molecule has 0 aliphatic rings. The molecule has 0 saturated heterocycles. The molecule has 0 saturated carbocycles. The second-order valence-electron chi connectivity index (χ2n) is 4.92. The van der Waals surface area contributed by atoms with Crippen molar-refractivity contribution in [3.8, 4) is 5.75 Å². The first-order chi connectivity index (χ1) is 10.0. The van der Waals surface area contributed by atoms with Crippen LogP contribution in [0.25, 0.3) is 0 Å². The number of rotatable bonds is 5. The summed E-state index contributed by atoms with van der Waals surface area (Å²) in [7, 11) is 0. The van der Waals surface area contributed by atoms with Gasteiger partial charge in [-0.3, -0.25) is 4.79 Å². The van der Waals surface area contributed by atoms with Gasteiger partial charge in [0.1, 0.15) is 5.75 Å². The van der Waals surface area contributed by atoms with E-state index in [0.717, 1.165) is 5.56 Å². The Hall–Kier alpha value is -2.00. The lowest BCUT2D eigenvalue weighted by Crippen LogP contribution is -2.35. The molecule has 0 aliphatic heterocycles. The van der Waals surface area contributed by atoms with E-state index in [4.69, 9.17) is 16.3 Å². The average Bonchev–Trinajstić information content (AvgIpc) is 2.48. The van der Waals surface area contributed by atoms with Crippen LogP contribution in [0.2, 0.25) is 5.02 Å². The van der Waals surface area contributed by atoms with Crippen molar-refractivity contribution in [2.75, 3.05) is 0 Å². The minimum atomic E-state index is -0.559. The fourth-order valence-electron chi connectivity index (χ4n) is 1.81. The molecule has 1 N–H and O–H groups in total. The summed E-state index contributed by atoms with van der Waals surface area (Å²) in [4.78, 5) is 12.0. The average molecular weight is 304 g/mol. The third kappa shape index (κ3) is 4.80. The number of amides is 1. The van der Waals surface area contributed by atoms with Crippen LogP contribution in [0.15, 0.2) is 48.5 Å². The molecule has 1 atom stereocenters. The first kappa shape index (κ1) is 15.4. The monoisotopic (exact) mass is 303 g/mol. The summed E-state index contributed by atoms with van der Waals surface area (Å²) in [6.45, 7) is 4.25. The van der Waals surface area contributed by atoms with E-state index in [1.807, 2.05) is 31.2 Å². The zero-order valence-electron chi connectivity index (χ0n) is 12.1. The standard InChI is InChI=1S/C17H18ClNO2/c1-12-3-5-14(6-4-12)11-19-17(20)13(2)21-16-9-7-15(18)8-10-16/h3-10,13H,11H2,1-2H3,(H,19,20). The molecule has 0 heterocycles. The van der Waals surface area contributed by atoms with Crippen molar-refractivity contribution in [3.05, 3.63) is 64.7 Å². The third-order valence-corrected chi connectivity index (χ3v) is 3.34. The predicted octanol–water partition coefficient (Wildman–Crippen LogP) is 3.73. The molecule has 1 unspecified atom stereocenters. The number of carbonyl (C=O) groups excluding carboxylic acids is 1. The second-order valence-corrected chi connectivity index (χ2v) is 5.35. The Kier molecular flexibility index (Phi) is 5.23. The Morgan fingerprint density at radius 1 is 1.14 bits per heavy atom. The fraction of sp³-hybridized carbons (Fsp3) is 0.235. The maximum Gasteiger partial charge on any atom is 0.261 e. The summed E-state index contributed by atoms with van der Waals surface area (Å²) in [6, 6.07) is 15.0. The van der Waals surface area contributed by atoms with Gasteiger partial charge in [-0.15, -0.1) is 0 Å². The van der Waals surface area contributed by atoms with Gasteiger partial charge in [-0.2, -0.15) is 0 Å². The van der Waals surface area contributed by atoms with E-state index in [-0.39, 0.29) is 5.91 Å². The topological polar surface area (TPSA) is 38.3 Å². The van der Waals surface area contributed by atoms with Crippen LogP contribution >= 0.6 is 11.6 Å². The van der Waals surface area contributed by atoms with E-state index >= 15 is 0 Å². The second kappa shape index (κ2) is 7.14. The van der Waals surface area contributed by atoms with Crippen molar-refractivity contribution >= 4 is 17.5 Å². The van der Waals surface area contributed by atoms with Gasteiger partial charge in [0.2, 0.25) is 0 Å². The van der Waals surface area contributed by atoms with Gasteiger partial charge >= 0.3 is 0 Å². The quantitative estimate of drug-likeness (QED) is 0.914. The molecule has 110 valence electrons. The Labute approximate surface area is 129 Å². The number of aryl methyl sites for hydroxylation is 1. The van der Waals surface area contributed by atoms with Gasteiger partial charge in [0.25, 0.3) is 5.91 Å². The van der Waals surface area contributed by atoms with E-state index in [1.165, 1.54) is 5.56 Å². The van der Waals surface area contributed by atoms with Crippen LogP contribution in [0.4, 0.5) is 0 Å². The summed E-state index contributed by atoms with van der Waals surface area (Å²) in [5, 5.41) is 3.50. The van der Waals surface area contributed by atoms with Gasteiger partial charge in [-0.05, 0) is 43.7 Å². The molecular weight excluding hydrogens is 286 g/mol. The van der Waals surface area contributed by atoms with Crippen LogP contribution in [0.1, 0.15) is 18.1 Å². The number of halogens is 1. The number of hydrogen-bond donors (Lipinski definition) is 1. The van der Waals surface area contributed by atoms with Crippen molar-refractivity contribution in [2.24, 2.45) is 0 Å². The zero-order chi connectivity index (χ0) is 15.2. The first-order valence-electron chi connectivity index (χ1n) is 6.80. The van der Waals surface area contributed by atoms with Crippen LogP contribution in [-0.4, -0.2) is 12.0 Å². The van der Waals surface area contributed by atoms with Crippen LogP contribution in [0.5, 0.6) is 5.75 Å². The molecule has 0 radical (unpaired) electrons. The third-order valence-electron chi connectivity index (χ3n) is 3.08. The first-order valence-corrected chi connectivity index (χ1v) is 7.18. The van der Waals surface area contributed by atoms with Gasteiger partial charge in [-0.25, -0.2) is 0 Å². The minimum absolute atomic E-state index is 0.148. The Morgan fingerprint density at radius 3 is 2.38 bits per heavy atom. The molecule has 1 amide bonds. The largest absolute Gasteiger partial charge is 0.481 e.